The molecule has 3 heterocycles. The summed E-state index contributed by atoms with van der Waals surface area (Å²) in [5, 5.41) is 2.27. The molecule has 0 amide bonds. The minimum atomic E-state index is 0. The Morgan fingerprint density at radius 2 is 1.90 bits per heavy atom. The summed E-state index contributed by atoms with van der Waals surface area (Å²) in [6, 6.07) is 0. The van der Waals surface area contributed by atoms with Crippen molar-refractivity contribution in [2.75, 3.05) is 19.6 Å². The van der Waals surface area contributed by atoms with Crippen molar-refractivity contribution in [3.8, 4) is 0 Å². The van der Waals surface area contributed by atoms with Crippen LogP contribution in [0.15, 0.2) is 0 Å². The average molecular weight is 210 g/mol. The zero-order valence-electron chi connectivity index (χ0n) is 5.66. The van der Waals surface area contributed by atoms with E-state index in [-0.39, 0.29) is 16.7 Å². The molecule has 63 valence electrons. The van der Waals surface area contributed by atoms with Gasteiger partial charge in [0.2, 0.25) is 0 Å². The van der Waals surface area contributed by atoms with E-state index in [1.807, 2.05) is 0 Å². The summed E-state index contributed by atoms with van der Waals surface area (Å²) in [4.78, 5) is 0. The van der Waals surface area contributed by atoms with Gasteiger partial charge in [-0.15, -0.1) is 0 Å². The van der Waals surface area contributed by atoms with Crippen molar-refractivity contribution in [3.63, 3.8) is 0 Å². The maximum absolute atomic E-state index is 5.55. The third-order valence-corrected chi connectivity index (χ3v) is 2.86. The quantitative estimate of drug-likeness (QED) is 0.438. The van der Waals surface area contributed by atoms with Gasteiger partial charge in [0.15, 0.2) is 0 Å². The van der Waals surface area contributed by atoms with E-state index in [1.54, 1.807) is 0 Å². The predicted molar refractivity (Wildman–Crippen MR) is 31.5 cm³/mol. The van der Waals surface area contributed by atoms with E-state index in [0.717, 1.165) is 19.6 Å². The molecule has 0 unspecified atom stereocenters. The summed E-state index contributed by atoms with van der Waals surface area (Å²) in [6.45, 7) is 3.31. The molecule has 1 N–H and O–H groups in total. The number of nitrogens with one attached hydrogen (secondary N) is 1. The van der Waals surface area contributed by atoms with E-state index in [0.29, 0.717) is 0 Å². The Morgan fingerprint density at radius 1 is 1.30 bits per heavy atom. The van der Waals surface area contributed by atoms with E-state index in [4.69, 9.17) is 16.0 Å². The van der Waals surface area contributed by atoms with Crippen LogP contribution >= 0.6 is 0 Å². The second-order valence-corrected chi connectivity index (χ2v) is 3.89. The van der Waals surface area contributed by atoms with Crippen LogP contribution in [0.1, 0.15) is 12.8 Å². The van der Waals surface area contributed by atoms with Crippen LogP contribution in [0.25, 0.3) is 0 Å². The van der Waals surface area contributed by atoms with E-state index in [9.17, 15) is 0 Å². The van der Waals surface area contributed by atoms with Crippen LogP contribution in [0.2, 0.25) is 4.31 Å². The third-order valence-electron chi connectivity index (χ3n) is 2.23. The van der Waals surface area contributed by atoms with E-state index < -0.39 is 0 Å². The summed E-state index contributed by atoms with van der Waals surface area (Å²) in [5.41, 5.74) is 3.28. The van der Waals surface area contributed by atoms with Gasteiger partial charge in [0.25, 0.3) is 0 Å². The monoisotopic (exact) mass is 209 g/mol. The van der Waals surface area contributed by atoms with Gasteiger partial charge >= 0.3 is 63.2 Å². The van der Waals surface area contributed by atoms with E-state index in [2.05, 4.69) is 10.4 Å². The Bertz CT molecular complexity index is 109. The molecule has 3 aliphatic rings. The first-order chi connectivity index (χ1) is 4.29. The normalized spacial score (nSPS) is 44.8. The van der Waals surface area contributed by atoms with Crippen molar-refractivity contribution in [1.82, 2.24) is 10.4 Å². The molecule has 0 aromatic carbocycles. The second-order valence-electron chi connectivity index (χ2n) is 2.89. The zero-order chi connectivity index (χ0) is 6.32. The molecule has 0 atom stereocenters. The molecule has 0 aromatic heterocycles. The van der Waals surface area contributed by atoms with Gasteiger partial charge in [-0.05, 0) is 0 Å². The van der Waals surface area contributed by atoms with E-state index >= 15 is 0 Å². The average Bonchev–Trinajstić information content (AvgIpc) is 1.90. The molecule has 0 radical (unpaired) electrons. The predicted octanol–water partition coefficient (Wildman–Crippen LogP) is -2.69. The number of hydrogen-bond acceptors (Lipinski definition) is 2. The van der Waals surface area contributed by atoms with Gasteiger partial charge in [-0.1, -0.05) is 0 Å². The molecular weight excluding hydrogens is 199 g/mol. The van der Waals surface area contributed by atoms with Crippen LogP contribution in [0.4, 0.5) is 0 Å². The summed E-state index contributed by atoms with van der Waals surface area (Å²) in [7, 11) is 0. The van der Waals surface area contributed by atoms with E-state index in [1.165, 1.54) is 12.8 Å². The first-order valence-corrected chi connectivity index (χ1v) is 3.89. The van der Waals surface area contributed by atoms with Crippen LogP contribution in [-0.2, 0) is 16.0 Å². The summed E-state index contributed by atoms with van der Waals surface area (Å²) < 4.78 is 0.196. The minimum absolute atomic E-state index is 0. The molecule has 4 heteroatoms. The molecule has 2 bridgehead atoms. The van der Waals surface area contributed by atoms with Gasteiger partial charge in [-0.3, -0.25) is 0 Å². The van der Waals surface area contributed by atoms with Crippen molar-refractivity contribution in [2.45, 2.75) is 17.2 Å². The Labute approximate surface area is 75.9 Å². The van der Waals surface area contributed by atoms with Crippen LogP contribution in [0, 0.1) is 0 Å². The fraction of sp³-hybridized carbons (Fsp3) is 1.00. The Hall–Kier alpha value is 0.729. The fourth-order valence-electron chi connectivity index (χ4n) is 1.47. The molecule has 10 heavy (non-hydrogen) atoms. The molecule has 0 spiro atoms. The number of hydrazine groups is 1. The SMILES string of the molecule is [Cl-].[Cu+][C]12CCN(CC1)NC2. The molecular formula is C6H11ClCuN2. The summed E-state index contributed by atoms with van der Waals surface area (Å²) in [6.07, 6.45) is 2.39. The topological polar surface area (TPSA) is 15.3 Å². The number of fused-ring (bicyclic) bond motifs is 3. The molecule has 3 aliphatic heterocycles. The van der Waals surface area contributed by atoms with Crippen LogP contribution < -0.4 is 17.8 Å². The van der Waals surface area contributed by atoms with Gasteiger partial charge in [0, 0.05) is 0 Å². The van der Waals surface area contributed by atoms with Crippen LogP contribution in [0.3, 0.4) is 0 Å². The van der Waals surface area contributed by atoms with Gasteiger partial charge in [0.05, 0.1) is 0 Å². The molecule has 3 rings (SSSR count). The van der Waals surface area contributed by atoms with Crippen molar-refractivity contribution in [1.29, 1.82) is 0 Å². The molecule has 3 fully saturated rings. The maximum atomic E-state index is 5.55. The Balaban J connectivity index is 0.000000500. The molecule has 2 nitrogen and oxygen atoms in total. The first-order valence-electron chi connectivity index (χ1n) is 3.42. The second kappa shape index (κ2) is 3.00. The number of piperidine rings is 1. The summed E-state index contributed by atoms with van der Waals surface area (Å²) >= 11 is 5.55. The van der Waals surface area contributed by atoms with Gasteiger partial charge < -0.3 is 12.4 Å². The molecule has 0 aromatic rings. The zero-order valence-corrected chi connectivity index (χ0v) is 7.36. The van der Waals surface area contributed by atoms with Crippen molar-refractivity contribution < 1.29 is 28.4 Å². The Kier molecular flexibility index (Phi) is 2.64. The number of halogens is 1. The van der Waals surface area contributed by atoms with Crippen LogP contribution in [-0.4, -0.2) is 24.6 Å². The van der Waals surface area contributed by atoms with Gasteiger partial charge in [0.1, 0.15) is 0 Å². The van der Waals surface area contributed by atoms with Crippen molar-refractivity contribution >= 4 is 0 Å². The molecule has 0 aliphatic carbocycles. The summed E-state index contributed by atoms with van der Waals surface area (Å²) in [5.74, 6) is 0. The van der Waals surface area contributed by atoms with Crippen molar-refractivity contribution in [3.05, 3.63) is 0 Å². The first kappa shape index (κ1) is 8.82. The van der Waals surface area contributed by atoms with Gasteiger partial charge in [-0.2, -0.15) is 0 Å². The van der Waals surface area contributed by atoms with Crippen molar-refractivity contribution in [2.24, 2.45) is 0 Å². The van der Waals surface area contributed by atoms with Crippen LogP contribution in [0.5, 0.6) is 0 Å². The van der Waals surface area contributed by atoms with Gasteiger partial charge in [-0.25, -0.2) is 0 Å². The molecule has 0 saturated carbocycles. The number of nitrogens with zero attached hydrogens (tertiary/aromatic N) is 1. The molecule has 3 saturated heterocycles. The number of rotatable bonds is 0. The third kappa shape index (κ3) is 1.49. The standard InChI is InChI=1S/C6H11N2.ClH.Cu/c1-3-8-4-2-6(1)5-7-8;;/h7H,1-5H2;1H;/q;;+1/p-1. The number of hydrogen-bond donors (Lipinski definition) is 1. The Morgan fingerprint density at radius 3 is 2.10 bits per heavy atom. The fourth-order valence-corrected chi connectivity index (χ4v) is 1.76.